The lowest BCUT2D eigenvalue weighted by Gasteiger charge is -2.33. The average Bonchev–Trinajstić information content (AvgIpc) is 2.48. The molecule has 0 unspecified atom stereocenters. The second kappa shape index (κ2) is 6.52. The summed E-state index contributed by atoms with van der Waals surface area (Å²) in [6.07, 6.45) is 1.43. The maximum Gasteiger partial charge on any atom is 0.244 e. The molecule has 1 heterocycles. The molecule has 0 saturated carbocycles. The van der Waals surface area contributed by atoms with Crippen molar-refractivity contribution in [2.24, 2.45) is 0 Å². The first kappa shape index (κ1) is 15.9. The number of hydrogen-bond donors (Lipinski definition) is 1. The van der Waals surface area contributed by atoms with E-state index in [1.165, 1.54) is 16.4 Å². The minimum Gasteiger partial charge on any atom is -0.317 e. The summed E-state index contributed by atoms with van der Waals surface area (Å²) in [7, 11) is -3.87. The maximum atomic E-state index is 13.7. The van der Waals surface area contributed by atoms with Crippen LogP contribution in [0.5, 0.6) is 0 Å². The molecule has 5 nitrogen and oxygen atoms in total. The van der Waals surface area contributed by atoms with Gasteiger partial charge in [-0.2, -0.15) is 9.57 Å². The third-order valence-corrected chi connectivity index (χ3v) is 5.77. The summed E-state index contributed by atoms with van der Waals surface area (Å²) in [6.45, 7) is 3.56. The van der Waals surface area contributed by atoms with E-state index in [-0.39, 0.29) is 10.9 Å². The topological polar surface area (TPSA) is 73.2 Å². The fraction of sp³-hybridized carbons (Fsp3) is 0.500. The van der Waals surface area contributed by atoms with Crippen LogP contribution in [0.1, 0.15) is 25.3 Å². The van der Waals surface area contributed by atoms with Crippen molar-refractivity contribution >= 4 is 10.0 Å². The first-order chi connectivity index (χ1) is 10.0. The third kappa shape index (κ3) is 3.07. The Bertz CT molecular complexity index is 649. The van der Waals surface area contributed by atoms with Gasteiger partial charge >= 0.3 is 0 Å². The van der Waals surface area contributed by atoms with Gasteiger partial charge in [0.25, 0.3) is 0 Å². The van der Waals surface area contributed by atoms with Crippen LogP contribution in [0.2, 0.25) is 0 Å². The predicted octanol–water partition coefficient (Wildman–Crippen LogP) is 1.46. The highest BCUT2D eigenvalue weighted by atomic mass is 32.2. The van der Waals surface area contributed by atoms with Crippen LogP contribution in [0.15, 0.2) is 23.1 Å². The van der Waals surface area contributed by atoms with E-state index in [1.807, 2.05) is 0 Å². The molecule has 1 aliphatic rings. The monoisotopic (exact) mass is 311 g/mol. The normalized spacial score (nSPS) is 16.9. The van der Waals surface area contributed by atoms with E-state index < -0.39 is 21.4 Å². The number of hydrogen-bond acceptors (Lipinski definition) is 4. The number of halogens is 1. The lowest BCUT2D eigenvalue weighted by atomic mass is 10.1. The summed E-state index contributed by atoms with van der Waals surface area (Å²) in [4.78, 5) is -0.245. The van der Waals surface area contributed by atoms with E-state index in [2.05, 4.69) is 5.32 Å². The van der Waals surface area contributed by atoms with E-state index in [0.29, 0.717) is 19.4 Å². The highest BCUT2D eigenvalue weighted by Crippen LogP contribution is 2.25. The number of benzene rings is 1. The van der Waals surface area contributed by atoms with Crippen molar-refractivity contribution in [2.45, 2.75) is 30.7 Å². The number of nitrogens with zero attached hydrogens (tertiary/aromatic N) is 2. The molecule has 114 valence electrons. The van der Waals surface area contributed by atoms with Crippen molar-refractivity contribution < 1.29 is 12.8 Å². The van der Waals surface area contributed by atoms with Gasteiger partial charge in [-0.3, -0.25) is 0 Å². The smallest absolute Gasteiger partial charge is 0.244 e. The van der Waals surface area contributed by atoms with Crippen LogP contribution in [0, 0.1) is 17.1 Å². The zero-order valence-electron chi connectivity index (χ0n) is 11.8. The Morgan fingerprint density at radius 2 is 2.10 bits per heavy atom. The van der Waals surface area contributed by atoms with Crippen LogP contribution in [0.25, 0.3) is 0 Å². The van der Waals surface area contributed by atoms with Gasteiger partial charge in [-0.25, -0.2) is 12.8 Å². The molecule has 1 N–H and O–H groups in total. The molecular weight excluding hydrogens is 293 g/mol. The van der Waals surface area contributed by atoms with Crippen LogP contribution in [-0.2, 0) is 10.0 Å². The standard InChI is InChI=1S/C14H18FN3O2S/c1-2-18(11-6-8-17-9-7-11)21(19,20)14-5-3-4-13(15)12(14)10-16/h3-5,11,17H,2,6-9H2,1H3. The molecule has 0 aliphatic carbocycles. The van der Waals surface area contributed by atoms with Crippen LogP contribution in [0.4, 0.5) is 4.39 Å². The molecule has 0 amide bonds. The van der Waals surface area contributed by atoms with Crippen LogP contribution >= 0.6 is 0 Å². The maximum absolute atomic E-state index is 13.7. The van der Waals surface area contributed by atoms with Crippen molar-refractivity contribution in [3.05, 3.63) is 29.6 Å². The van der Waals surface area contributed by atoms with Gasteiger partial charge < -0.3 is 5.32 Å². The Labute approximate surface area is 124 Å². The summed E-state index contributed by atoms with van der Waals surface area (Å²) >= 11 is 0. The number of nitrogens with one attached hydrogen (secondary N) is 1. The Hall–Kier alpha value is -1.49. The van der Waals surface area contributed by atoms with E-state index in [0.717, 1.165) is 19.2 Å². The molecule has 0 spiro atoms. The van der Waals surface area contributed by atoms with Gasteiger partial charge in [-0.15, -0.1) is 0 Å². The minimum absolute atomic E-state index is 0.115. The highest BCUT2D eigenvalue weighted by Gasteiger charge is 2.33. The Balaban J connectivity index is 2.45. The first-order valence-corrected chi connectivity index (χ1v) is 8.37. The Kier molecular flexibility index (Phi) is 4.93. The van der Waals surface area contributed by atoms with E-state index >= 15 is 0 Å². The van der Waals surface area contributed by atoms with E-state index in [1.54, 1.807) is 13.0 Å². The predicted molar refractivity (Wildman–Crippen MR) is 76.6 cm³/mol. The Morgan fingerprint density at radius 1 is 1.43 bits per heavy atom. The van der Waals surface area contributed by atoms with Gasteiger partial charge in [0.05, 0.1) is 0 Å². The first-order valence-electron chi connectivity index (χ1n) is 6.93. The molecule has 7 heteroatoms. The molecule has 2 rings (SSSR count). The molecule has 1 aromatic rings. The van der Waals surface area contributed by atoms with Crippen molar-refractivity contribution in [1.29, 1.82) is 5.26 Å². The summed E-state index contributed by atoms with van der Waals surface area (Å²) in [5, 5.41) is 12.2. The van der Waals surface area contributed by atoms with Gasteiger partial charge in [-0.05, 0) is 38.1 Å². The lowest BCUT2D eigenvalue weighted by Crippen LogP contribution is -2.46. The lowest BCUT2D eigenvalue weighted by molar-refractivity contribution is 0.270. The molecule has 21 heavy (non-hydrogen) atoms. The summed E-state index contributed by atoms with van der Waals surface area (Å²) in [5.74, 6) is -0.806. The molecule has 0 atom stereocenters. The van der Waals surface area contributed by atoms with E-state index in [9.17, 15) is 12.8 Å². The average molecular weight is 311 g/mol. The molecule has 1 aromatic carbocycles. The quantitative estimate of drug-likeness (QED) is 0.913. The molecule has 1 fully saturated rings. The molecule has 0 aromatic heterocycles. The summed E-state index contributed by atoms with van der Waals surface area (Å²) in [5.41, 5.74) is -0.412. The van der Waals surface area contributed by atoms with Crippen molar-refractivity contribution in [1.82, 2.24) is 9.62 Å². The van der Waals surface area contributed by atoms with Gasteiger partial charge in [0.2, 0.25) is 10.0 Å². The number of rotatable bonds is 4. The van der Waals surface area contributed by atoms with Crippen molar-refractivity contribution in [3.8, 4) is 6.07 Å². The van der Waals surface area contributed by atoms with Gasteiger partial charge in [0, 0.05) is 12.6 Å². The zero-order valence-corrected chi connectivity index (χ0v) is 12.7. The molecule has 1 aliphatic heterocycles. The minimum atomic E-state index is -3.87. The van der Waals surface area contributed by atoms with Gasteiger partial charge in [0.15, 0.2) is 0 Å². The SMILES string of the molecule is CCN(C1CCNCC1)S(=O)(=O)c1cccc(F)c1C#N. The van der Waals surface area contributed by atoms with Crippen molar-refractivity contribution in [3.63, 3.8) is 0 Å². The van der Waals surface area contributed by atoms with Crippen molar-refractivity contribution in [2.75, 3.05) is 19.6 Å². The molecule has 0 radical (unpaired) electrons. The van der Waals surface area contributed by atoms with Crippen LogP contribution in [0.3, 0.4) is 0 Å². The van der Waals surface area contributed by atoms with Crippen LogP contribution < -0.4 is 5.32 Å². The number of nitriles is 1. The summed E-state index contributed by atoms with van der Waals surface area (Å²) in [6, 6.07) is 5.25. The third-order valence-electron chi connectivity index (χ3n) is 3.70. The molecule has 1 saturated heterocycles. The van der Waals surface area contributed by atoms with Gasteiger partial charge in [0.1, 0.15) is 22.3 Å². The zero-order chi connectivity index (χ0) is 15.5. The van der Waals surface area contributed by atoms with Crippen LogP contribution in [-0.4, -0.2) is 38.4 Å². The number of sulfonamides is 1. The number of piperidine rings is 1. The second-order valence-corrected chi connectivity index (χ2v) is 6.77. The molecular formula is C14H18FN3O2S. The van der Waals surface area contributed by atoms with E-state index in [4.69, 9.17) is 5.26 Å². The fourth-order valence-electron chi connectivity index (χ4n) is 2.67. The summed E-state index contributed by atoms with van der Waals surface area (Å²) < 4.78 is 40.6. The fourth-order valence-corrected chi connectivity index (χ4v) is 4.52. The highest BCUT2D eigenvalue weighted by molar-refractivity contribution is 7.89. The van der Waals surface area contributed by atoms with Gasteiger partial charge in [-0.1, -0.05) is 13.0 Å². The largest absolute Gasteiger partial charge is 0.317 e. The Morgan fingerprint density at radius 3 is 2.67 bits per heavy atom. The molecule has 0 bridgehead atoms. The second-order valence-electron chi connectivity index (χ2n) is 4.91.